The molecule has 3 nitrogen and oxygen atoms in total. The van der Waals surface area contributed by atoms with Crippen LogP contribution >= 0.6 is 50.6 Å². The summed E-state index contributed by atoms with van der Waals surface area (Å²) in [6.07, 6.45) is 1.76. The van der Waals surface area contributed by atoms with Crippen LogP contribution in [0.2, 0.25) is 5.28 Å². The fourth-order valence-corrected chi connectivity index (χ4v) is 4.18. The average Bonchev–Trinajstić information content (AvgIpc) is 2.72. The van der Waals surface area contributed by atoms with Gasteiger partial charge in [0.15, 0.2) is 0 Å². The van der Waals surface area contributed by atoms with E-state index in [4.69, 9.17) is 11.6 Å². The van der Waals surface area contributed by atoms with E-state index in [1.165, 1.54) is 16.6 Å². The van der Waals surface area contributed by atoms with Gasteiger partial charge in [0.05, 0.1) is 4.47 Å². The van der Waals surface area contributed by atoms with Crippen LogP contribution in [0.1, 0.15) is 4.88 Å². The van der Waals surface area contributed by atoms with E-state index in [1.54, 1.807) is 17.5 Å². The Kier molecular flexibility index (Phi) is 3.75. The molecule has 0 aliphatic heterocycles. The zero-order valence-corrected chi connectivity index (χ0v) is 13.7. The van der Waals surface area contributed by atoms with Crippen LogP contribution in [0.25, 0.3) is 10.2 Å². The van der Waals surface area contributed by atoms with Crippen LogP contribution in [-0.4, -0.2) is 15.0 Å². The van der Waals surface area contributed by atoms with Gasteiger partial charge in [-0.25, -0.2) is 15.0 Å². The lowest BCUT2D eigenvalue weighted by Gasteiger charge is -2.03. The molecule has 3 heterocycles. The lowest BCUT2D eigenvalue weighted by molar-refractivity contribution is 1.07. The molecule has 0 bridgehead atoms. The van der Waals surface area contributed by atoms with Crippen molar-refractivity contribution in [2.75, 3.05) is 0 Å². The summed E-state index contributed by atoms with van der Waals surface area (Å²) < 4.78 is 0.940. The van der Waals surface area contributed by atoms with E-state index in [0.29, 0.717) is 0 Å². The second kappa shape index (κ2) is 5.36. The number of hydrogen-bond donors (Lipinski definition) is 0. The fourth-order valence-electron chi connectivity index (χ4n) is 1.61. The number of thiophene rings is 1. The summed E-state index contributed by atoms with van der Waals surface area (Å²) in [7, 11) is 0. The average molecular weight is 373 g/mol. The van der Waals surface area contributed by atoms with Gasteiger partial charge in [-0.2, -0.15) is 0 Å². The molecule has 0 radical (unpaired) electrons. The minimum Gasteiger partial charge on any atom is -0.248 e. The number of aromatic nitrogens is 3. The van der Waals surface area contributed by atoms with Crippen molar-refractivity contribution in [3.8, 4) is 0 Å². The first kappa shape index (κ1) is 13.3. The molecule has 0 saturated heterocycles. The highest BCUT2D eigenvalue weighted by Gasteiger charge is 2.13. The van der Waals surface area contributed by atoms with Crippen LogP contribution in [0.5, 0.6) is 0 Å². The first-order valence-electron chi connectivity index (χ1n) is 5.35. The Hall–Kier alpha value is -0.690. The summed E-state index contributed by atoms with van der Waals surface area (Å²) in [5, 5.41) is 2.99. The van der Waals surface area contributed by atoms with Crippen molar-refractivity contribution in [3.63, 3.8) is 0 Å². The molecule has 0 aliphatic rings. The molecule has 96 valence electrons. The lowest BCUT2D eigenvalue weighted by atomic mass is 10.4. The van der Waals surface area contributed by atoms with E-state index in [-0.39, 0.29) is 5.28 Å². The molecule has 0 N–H and O–H groups in total. The van der Waals surface area contributed by atoms with Crippen molar-refractivity contribution in [2.24, 2.45) is 0 Å². The number of fused-ring (bicyclic) bond motifs is 1. The molecule has 0 saturated carbocycles. The summed E-state index contributed by atoms with van der Waals surface area (Å²) in [6.45, 7) is 2.05. The third-order valence-electron chi connectivity index (χ3n) is 2.37. The van der Waals surface area contributed by atoms with Gasteiger partial charge in [0.25, 0.3) is 0 Å². The van der Waals surface area contributed by atoms with Crippen molar-refractivity contribution in [1.29, 1.82) is 0 Å². The summed E-state index contributed by atoms with van der Waals surface area (Å²) in [5.41, 5.74) is 0. The molecule has 0 fully saturated rings. The molecule has 0 unspecified atom stereocenters. The molecule has 3 aromatic rings. The smallest absolute Gasteiger partial charge is 0.224 e. The molecule has 3 rings (SSSR count). The second-order valence-corrected chi connectivity index (χ2v) is 7.17. The third-order valence-corrected chi connectivity index (χ3v) is 5.41. The van der Waals surface area contributed by atoms with E-state index in [0.717, 1.165) is 24.7 Å². The van der Waals surface area contributed by atoms with Gasteiger partial charge in [-0.1, -0.05) is 0 Å². The Bertz CT molecular complexity index is 760. The van der Waals surface area contributed by atoms with Gasteiger partial charge >= 0.3 is 0 Å². The Morgan fingerprint density at radius 1 is 1.32 bits per heavy atom. The van der Waals surface area contributed by atoms with Gasteiger partial charge in [-0.3, -0.25) is 0 Å². The van der Waals surface area contributed by atoms with Crippen molar-refractivity contribution in [3.05, 3.63) is 39.0 Å². The standard InChI is InChI=1S/C12H7BrClN3S2/c1-6-5-7-9(18-6)16-12(14)17-10(7)19-11-8(13)3-2-4-15-11/h2-5H,1H3. The maximum Gasteiger partial charge on any atom is 0.224 e. The minimum absolute atomic E-state index is 0.268. The van der Waals surface area contributed by atoms with Crippen molar-refractivity contribution in [1.82, 2.24) is 15.0 Å². The number of hydrogen-bond acceptors (Lipinski definition) is 5. The van der Waals surface area contributed by atoms with Crippen LogP contribution in [0.3, 0.4) is 0 Å². The van der Waals surface area contributed by atoms with Gasteiger partial charge in [-0.15, -0.1) is 11.3 Å². The number of nitrogens with zero attached hydrogens (tertiary/aromatic N) is 3. The summed E-state index contributed by atoms with van der Waals surface area (Å²) >= 11 is 12.6. The van der Waals surface area contributed by atoms with Crippen LogP contribution in [-0.2, 0) is 0 Å². The van der Waals surface area contributed by atoms with Gasteiger partial charge in [0.1, 0.15) is 14.9 Å². The molecule has 0 spiro atoms. The minimum atomic E-state index is 0.268. The molecule has 0 aliphatic carbocycles. The van der Waals surface area contributed by atoms with Gasteiger partial charge in [0, 0.05) is 16.5 Å². The monoisotopic (exact) mass is 371 g/mol. The zero-order chi connectivity index (χ0) is 13.4. The third kappa shape index (κ3) is 2.76. The quantitative estimate of drug-likeness (QED) is 0.470. The number of rotatable bonds is 2. The maximum absolute atomic E-state index is 5.98. The highest BCUT2D eigenvalue weighted by molar-refractivity contribution is 9.10. The largest absolute Gasteiger partial charge is 0.248 e. The zero-order valence-electron chi connectivity index (χ0n) is 9.72. The first-order valence-corrected chi connectivity index (χ1v) is 8.16. The van der Waals surface area contributed by atoms with Gasteiger partial charge < -0.3 is 0 Å². The highest BCUT2D eigenvalue weighted by Crippen LogP contribution is 2.37. The molecule has 0 atom stereocenters. The van der Waals surface area contributed by atoms with Crippen molar-refractivity contribution < 1.29 is 0 Å². The normalized spacial score (nSPS) is 11.1. The van der Waals surface area contributed by atoms with Crippen molar-refractivity contribution >= 4 is 60.8 Å². The summed E-state index contributed by atoms with van der Waals surface area (Å²) in [4.78, 5) is 15.0. The lowest BCUT2D eigenvalue weighted by Crippen LogP contribution is -1.88. The fraction of sp³-hybridized carbons (Fsp3) is 0.0833. The van der Waals surface area contributed by atoms with Crippen LogP contribution < -0.4 is 0 Å². The highest BCUT2D eigenvalue weighted by atomic mass is 79.9. The molecular formula is C12H7BrClN3S2. The Balaban J connectivity index is 2.12. The van der Waals surface area contributed by atoms with Crippen LogP contribution in [0.4, 0.5) is 0 Å². The van der Waals surface area contributed by atoms with E-state index in [1.807, 2.05) is 19.1 Å². The Morgan fingerprint density at radius 2 is 2.16 bits per heavy atom. The number of pyridine rings is 1. The van der Waals surface area contributed by atoms with E-state index in [2.05, 4.69) is 36.9 Å². The van der Waals surface area contributed by atoms with Gasteiger partial charge in [0.2, 0.25) is 5.28 Å². The molecule has 7 heteroatoms. The summed E-state index contributed by atoms with van der Waals surface area (Å²) in [5.74, 6) is 0. The Morgan fingerprint density at radius 3 is 2.95 bits per heavy atom. The predicted octanol–water partition coefficient (Wildman–Crippen LogP) is 4.96. The van der Waals surface area contributed by atoms with E-state index < -0.39 is 0 Å². The maximum atomic E-state index is 5.98. The predicted molar refractivity (Wildman–Crippen MR) is 83.2 cm³/mol. The van der Waals surface area contributed by atoms with Crippen LogP contribution in [0.15, 0.2) is 38.9 Å². The topological polar surface area (TPSA) is 38.7 Å². The van der Waals surface area contributed by atoms with Crippen LogP contribution in [0, 0.1) is 6.92 Å². The molecule has 19 heavy (non-hydrogen) atoms. The second-order valence-electron chi connectivity index (χ2n) is 3.77. The molecular weight excluding hydrogens is 366 g/mol. The Labute approximate surface area is 131 Å². The summed E-state index contributed by atoms with van der Waals surface area (Å²) in [6, 6.07) is 5.91. The molecule has 0 aromatic carbocycles. The molecule has 3 aromatic heterocycles. The SMILES string of the molecule is Cc1cc2c(Sc3ncccc3Br)nc(Cl)nc2s1. The number of halogens is 2. The molecule has 0 amide bonds. The first-order chi connectivity index (χ1) is 9.13. The van der Waals surface area contributed by atoms with Gasteiger partial charge in [-0.05, 0) is 64.4 Å². The van der Waals surface area contributed by atoms with E-state index in [9.17, 15) is 0 Å². The number of aryl methyl sites for hydroxylation is 1. The van der Waals surface area contributed by atoms with E-state index >= 15 is 0 Å². The van der Waals surface area contributed by atoms with Crippen molar-refractivity contribution in [2.45, 2.75) is 17.0 Å².